The molecule has 66 valence electrons. The van der Waals surface area contributed by atoms with E-state index in [2.05, 4.69) is 6.92 Å². The number of ether oxygens (including phenoxy) is 1. The van der Waals surface area contributed by atoms with Gasteiger partial charge in [0.05, 0.1) is 6.10 Å². The van der Waals surface area contributed by atoms with E-state index < -0.39 is 0 Å². The van der Waals surface area contributed by atoms with E-state index in [1.165, 1.54) is 25.7 Å². The van der Waals surface area contributed by atoms with E-state index in [4.69, 9.17) is 10.5 Å². The van der Waals surface area contributed by atoms with Gasteiger partial charge in [-0.1, -0.05) is 13.3 Å². The summed E-state index contributed by atoms with van der Waals surface area (Å²) in [5.74, 6) is 0.736. The molecule has 0 amide bonds. The lowest BCUT2D eigenvalue weighted by molar-refractivity contribution is -0.00838. The van der Waals surface area contributed by atoms with Crippen LogP contribution in [0, 0.1) is 5.92 Å². The Bertz CT molecular complexity index is 110. The summed E-state index contributed by atoms with van der Waals surface area (Å²) in [6, 6.07) is 0.423. The molecule has 1 aliphatic rings. The average Bonchev–Trinajstić information content (AvgIpc) is 1.86. The topological polar surface area (TPSA) is 35.2 Å². The predicted molar refractivity (Wildman–Crippen MR) is 46.4 cm³/mol. The number of hydrogen-bond acceptors (Lipinski definition) is 2. The maximum Gasteiger partial charge on any atom is 0.0577 e. The van der Waals surface area contributed by atoms with Crippen molar-refractivity contribution in [2.45, 2.75) is 44.8 Å². The molecule has 0 heterocycles. The zero-order valence-electron chi connectivity index (χ0n) is 7.55. The molecule has 0 aromatic rings. The average molecular weight is 157 g/mol. The zero-order valence-corrected chi connectivity index (χ0v) is 7.55. The fourth-order valence-electron chi connectivity index (χ4n) is 1.72. The van der Waals surface area contributed by atoms with Crippen molar-refractivity contribution in [3.8, 4) is 0 Å². The molecule has 1 fully saturated rings. The molecule has 1 atom stereocenters. The van der Waals surface area contributed by atoms with Crippen molar-refractivity contribution in [3.05, 3.63) is 0 Å². The summed E-state index contributed by atoms with van der Waals surface area (Å²) in [6.07, 6.45) is 5.23. The van der Waals surface area contributed by atoms with Gasteiger partial charge in [-0.25, -0.2) is 0 Å². The maximum absolute atomic E-state index is 5.95. The summed E-state index contributed by atoms with van der Waals surface area (Å²) in [7, 11) is 1.78. The Labute approximate surface area is 69.1 Å². The summed E-state index contributed by atoms with van der Waals surface area (Å²) < 4.78 is 5.19. The Hall–Kier alpha value is -0.0800. The number of methoxy groups -OCH3 is 1. The molecule has 0 saturated heterocycles. The van der Waals surface area contributed by atoms with Gasteiger partial charge in [-0.15, -0.1) is 0 Å². The molecule has 0 aliphatic heterocycles. The van der Waals surface area contributed by atoms with Gasteiger partial charge in [-0.2, -0.15) is 0 Å². The highest BCUT2D eigenvalue weighted by atomic mass is 16.5. The fraction of sp³-hybridized carbons (Fsp3) is 1.00. The minimum absolute atomic E-state index is 0.423. The first-order chi connectivity index (χ1) is 5.27. The SMILES string of the molecule is CCCC(N)C1CC(OC)C1. The van der Waals surface area contributed by atoms with Crippen LogP contribution < -0.4 is 5.73 Å². The van der Waals surface area contributed by atoms with Crippen LogP contribution >= 0.6 is 0 Å². The first-order valence-corrected chi connectivity index (χ1v) is 4.56. The highest BCUT2D eigenvalue weighted by Crippen LogP contribution is 2.32. The molecular formula is C9H19NO. The second-order valence-corrected chi connectivity index (χ2v) is 3.54. The van der Waals surface area contributed by atoms with Crippen LogP contribution in [0.3, 0.4) is 0 Å². The quantitative estimate of drug-likeness (QED) is 0.672. The van der Waals surface area contributed by atoms with E-state index in [1.54, 1.807) is 7.11 Å². The van der Waals surface area contributed by atoms with Crippen LogP contribution in [0.25, 0.3) is 0 Å². The highest BCUT2D eigenvalue weighted by Gasteiger charge is 2.32. The molecule has 0 aromatic carbocycles. The van der Waals surface area contributed by atoms with Gasteiger partial charge >= 0.3 is 0 Å². The van der Waals surface area contributed by atoms with Gasteiger partial charge < -0.3 is 10.5 Å². The lowest BCUT2D eigenvalue weighted by Gasteiger charge is -2.37. The van der Waals surface area contributed by atoms with Crippen LogP contribution in [0.4, 0.5) is 0 Å². The third-order valence-corrected chi connectivity index (χ3v) is 2.69. The highest BCUT2D eigenvalue weighted by molar-refractivity contribution is 4.86. The summed E-state index contributed by atoms with van der Waals surface area (Å²) in [6.45, 7) is 2.19. The maximum atomic E-state index is 5.95. The molecule has 1 aliphatic carbocycles. The van der Waals surface area contributed by atoms with Crippen molar-refractivity contribution in [3.63, 3.8) is 0 Å². The van der Waals surface area contributed by atoms with Gasteiger partial charge in [0, 0.05) is 13.2 Å². The molecule has 1 rings (SSSR count). The van der Waals surface area contributed by atoms with Crippen molar-refractivity contribution in [1.29, 1.82) is 0 Å². The van der Waals surface area contributed by atoms with Crippen molar-refractivity contribution in [1.82, 2.24) is 0 Å². The van der Waals surface area contributed by atoms with Gasteiger partial charge in [0.15, 0.2) is 0 Å². The van der Waals surface area contributed by atoms with Crippen LogP contribution in [0.1, 0.15) is 32.6 Å². The molecule has 0 spiro atoms. The normalized spacial score (nSPS) is 33.0. The summed E-state index contributed by atoms with van der Waals surface area (Å²) in [5.41, 5.74) is 5.95. The van der Waals surface area contributed by atoms with Gasteiger partial charge in [0.25, 0.3) is 0 Å². The van der Waals surface area contributed by atoms with Gasteiger partial charge in [0.2, 0.25) is 0 Å². The van der Waals surface area contributed by atoms with Crippen LogP contribution in [0.2, 0.25) is 0 Å². The molecular weight excluding hydrogens is 138 g/mol. The first kappa shape index (κ1) is 9.01. The van der Waals surface area contributed by atoms with Gasteiger partial charge in [-0.3, -0.25) is 0 Å². The van der Waals surface area contributed by atoms with Gasteiger partial charge in [-0.05, 0) is 25.2 Å². The third kappa shape index (κ3) is 2.17. The largest absolute Gasteiger partial charge is 0.381 e. The number of hydrogen-bond donors (Lipinski definition) is 1. The molecule has 0 aromatic heterocycles. The monoisotopic (exact) mass is 157 g/mol. The second kappa shape index (κ2) is 4.07. The van der Waals surface area contributed by atoms with Crippen molar-refractivity contribution in [2.75, 3.05) is 7.11 Å². The lowest BCUT2D eigenvalue weighted by Crippen LogP contribution is -2.42. The Kier molecular flexibility index (Phi) is 3.34. The molecule has 2 nitrogen and oxygen atoms in total. The van der Waals surface area contributed by atoms with Crippen molar-refractivity contribution < 1.29 is 4.74 Å². The van der Waals surface area contributed by atoms with Crippen LogP contribution in [-0.4, -0.2) is 19.3 Å². The predicted octanol–water partition coefficient (Wildman–Crippen LogP) is 1.54. The van der Waals surface area contributed by atoms with Gasteiger partial charge in [0.1, 0.15) is 0 Å². The molecule has 11 heavy (non-hydrogen) atoms. The Balaban J connectivity index is 2.10. The van der Waals surface area contributed by atoms with E-state index in [0.717, 1.165) is 5.92 Å². The molecule has 2 N–H and O–H groups in total. The van der Waals surface area contributed by atoms with E-state index in [9.17, 15) is 0 Å². The van der Waals surface area contributed by atoms with Crippen molar-refractivity contribution >= 4 is 0 Å². The molecule has 2 heteroatoms. The number of rotatable bonds is 4. The zero-order chi connectivity index (χ0) is 8.27. The first-order valence-electron chi connectivity index (χ1n) is 4.56. The third-order valence-electron chi connectivity index (χ3n) is 2.69. The molecule has 1 unspecified atom stereocenters. The summed E-state index contributed by atoms with van der Waals surface area (Å²) in [4.78, 5) is 0. The standard InChI is InChI=1S/C9H19NO/c1-3-4-9(10)7-5-8(6-7)11-2/h7-9H,3-6,10H2,1-2H3. The number of nitrogens with two attached hydrogens (primary N) is 1. The molecule has 0 radical (unpaired) electrons. The molecule has 0 bridgehead atoms. The van der Waals surface area contributed by atoms with Crippen molar-refractivity contribution in [2.24, 2.45) is 11.7 Å². The van der Waals surface area contributed by atoms with Crippen LogP contribution in [0.5, 0.6) is 0 Å². The smallest absolute Gasteiger partial charge is 0.0577 e. The van der Waals surface area contributed by atoms with Crippen LogP contribution in [-0.2, 0) is 4.74 Å². The fourth-order valence-corrected chi connectivity index (χ4v) is 1.72. The molecule has 1 saturated carbocycles. The van der Waals surface area contributed by atoms with E-state index >= 15 is 0 Å². The lowest BCUT2D eigenvalue weighted by atomic mass is 9.76. The van der Waals surface area contributed by atoms with Crippen LogP contribution in [0.15, 0.2) is 0 Å². The van der Waals surface area contributed by atoms with E-state index in [-0.39, 0.29) is 0 Å². The Morgan fingerprint density at radius 3 is 2.64 bits per heavy atom. The summed E-state index contributed by atoms with van der Waals surface area (Å²) >= 11 is 0. The Morgan fingerprint density at radius 2 is 2.18 bits per heavy atom. The minimum atomic E-state index is 0.423. The van der Waals surface area contributed by atoms with E-state index in [1.807, 2.05) is 0 Å². The minimum Gasteiger partial charge on any atom is -0.381 e. The Morgan fingerprint density at radius 1 is 1.55 bits per heavy atom. The van der Waals surface area contributed by atoms with E-state index in [0.29, 0.717) is 12.1 Å². The second-order valence-electron chi connectivity index (χ2n) is 3.54. The summed E-state index contributed by atoms with van der Waals surface area (Å²) in [5, 5.41) is 0.